The molecule has 0 spiro atoms. The average molecular weight is 525 g/mol. The van der Waals surface area contributed by atoms with E-state index in [0.29, 0.717) is 21.1 Å². The third-order valence-corrected chi connectivity index (χ3v) is 5.05. The number of nitrogens with zero attached hydrogens (tertiary/aromatic N) is 3. The molecule has 1 heterocycles. The second-order valence-corrected chi connectivity index (χ2v) is 7.58. The van der Waals surface area contributed by atoms with Crippen LogP contribution in [0.4, 0.5) is 5.69 Å². The summed E-state index contributed by atoms with van der Waals surface area (Å²) in [5, 5.41) is 18.5. The number of para-hydroxylation sites is 1. The van der Waals surface area contributed by atoms with E-state index in [2.05, 4.69) is 46.8 Å². The van der Waals surface area contributed by atoms with Gasteiger partial charge in [0.05, 0.1) is 17.1 Å². The molecular formula is C19H15Br2N3O5. The van der Waals surface area contributed by atoms with Crippen molar-refractivity contribution in [1.82, 2.24) is 4.57 Å². The standard InChI is InChI=1S/C19H15Br2N3O5/c1-28-17(26)9-24-14-5-3-2-4-12(14)18(19(24)27)23-22-16(25)10-29-15-7-6-11(20)8-13(15)21/h2-8,27H,9-10H2,1H3. The van der Waals surface area contributed by atoms with Crippen LogP contribution in [-0.4, -0.2) is 35.3 Å². The molecule has 10 heteroatoms. The normalized spacial score (nSPS) is 11.1. The van der Waals surface area contributed by atoms with Gasteiger partial charge in [0.25, 0.3) is 0 Å². The highest BCUT2D eigenvalue weighted by molar-refractivity contribution is 9.11. The molecule has 0 saturated carbocycles. The molecule has 0 aliphatic heterocycles. The number of amides is 1. The fraction of sp³-hybridized carbons (Fsp3) is 0.158. The Morgan fingerprint density at radius 2 is 1.93 bits per heavy atom. The Morgan fingerprint density at radius 3 is 2.66 bits per heavy atom. The molecule has 0 radical (unpaired) electrons. The van der Waals surface area contributed by atoms with E-state index in [4.69, 9.17) is 4.74 Å². The van der Waals surface area contributed by atoms with E-state index >= 15 is 0 Å². The van der Waals surface area contributed by atoms with Crippen molar-refractivity contribution in [1.29, 1.82) is 0 Å². The molecule has 3 aromatic rings. The van der Waals surface area contributed by atoms with Gasteiger partial charge in [-0.1, -0.05) is 34.1 Å². The number of hydrogen-bond acceptors (Lipinski definition) is 6. The number of methoxy groups -OCH3 is 1. The molecule has 0 fully saturated rings. The fourth-order valence-electron chi connectivity index (χ4n) is 2.59. The summed E-state index contributed by atoms with van der Waals surface area (Å²) in [5.74, 6) is -0.975. The Hall–Kier alpha value is -2.72. The number of fused-ring (bicyclic) bond motifs is 1. The predicted molar refractivity (Wildman–Crippen MR) is 112 cm³/mol. The van der Waals surface area contributed by atoms with E-state index < -0.39 is 11.9 Å². The highest BCUT2D eigenvalue weighted by Crippen LogP contribution is 2.38. The highest BCUT2D eigenvalue weighted by Gasteiger charge is 2.19. The zero-order valence-electron chi connectivity index (χ0n) is 15.1. The van der Waals surface area contributed by atoms with Crippen molar-refractivity contribution < 1.29 is 24.2 Å². The first kappa shape index (κ1) is 21.0. The zero-order valence-corrected chi connectivity index (χ0v) is 18.3. The molecular weight excluding hydrogens is 510 g/mol. The number of esters is 1. The van der Waals surface area contributed by atoms with Gasteiger partial charge in [0, 0.05) is 9.86 Å². The van der Waals surface area contributed by atoms with Gasteiger partial charge in [0.2, 0.25) is 5.88 Å². The molecule has 8 nitrogen and oxygen atoms in total. The third-order valence-electron chi connectivity index (χ3n) is 3.94. The molecule has 0 bridgehead atoms. The number of aromatic hydroxyl groups is 1. The number of carbonyl (C=O) groups is 2. The number of halogens is 2. The van der Waals surface area contributed by atoms with Crippen LogP contribution in [0.5, 0.6) is 11.6 Å². The molecule has 1 amide bonds. The van der Waals surface area contributed by atoms with Crippen molar-refractivity contribution in [2.45, 2.75) is 6.54 Å². The minimum atomic E-state index is -0.635. The average Bonchev–Trinajstić information content (AvgIpc) is 2.97. The third kappa shape index (κ3) is 4.83. The molecule has 0 aliphatic carbocycles. The number of aromatic nitrogens is 1. The molecule has 1 aromatic heterocycles. The number of carbonyl (C=O) groups excluding carboxylic acids is 2. The van der Waals surface area contributed by atoms with Crippen molar-refractivity contribution in [2.75, 3.05) is 13.7 Å². The quantitative estimate of drug-likeness (QED) is 0.371. The lowest BCUT2D eigenvalue weighted by atomic mass is 10.2. The van der Waals surface area contributed by atoms with Crippen molar-refractivity contribution in [3.63, 3.8) is 0 Å². The lowest BCUT2D eigenvalue weighted by molar-refractivity contribution is -0.141. The fourth-order valence-corrected chi connectivity index (χ4v) is 3.75. The van der Waals surface area contributed by atoms with Gasteiger partial charge < -0.3 is 14.6 Å². The van der Waals surface area contributed by atoms with Crippen molar-refractivity contribution in [3.8, 4) is 11.6 Å². The zero-order chi connectivity index (χ0) is 21.0. The maximum absolute atomic E-state index is 12.1. The first-order valence-corrected chi connectivity index (χ1v) is 9.88. The largest absolute Gasteiger partial charge is 0.493 e. The van der Waals surface area contributed by atoms with Gasteiger partial charge in [-0.05, 0) is 40.2 Å². The Balaban J connectivity index is 1.80. The highest BCUT2D eigenvalue weighted by atomic mass is 79.9. The van der Waals surface area contributed by atoms with Crippen LogP contribution in [-0.2, 0) is 20.9 Å². The van der Waals surface area contributed by atoms with E-state index in [-0.39, 0.29) is 24.7 Å². The van der Waals surface area contributed by atoms with E-state index in [9.17, 15) is 14.7 Å². The summed E-state index contributed by atoms with van der Waals surface area (Å²) >= 11 is 6.68. The maximum Gasteiger partial charge on any atom is 0.325 e. The number of rotatable bonds is 6. The Bertz CT molecular complexity index is 1110. The summed E-state index contributed by atoms with van der Waals surface area (Å²) in [4.78, 5) is 23.7. The second kappa shape index (κ2) is 9.19. The number of ether oxygens (including phenoxy) is 2. The van der Waals surface area contributed by atoms with Crippen LogP contribution in [0.3, 0.4) is 0 Å². The van der Waals surface area contributed by atoms with Crippen LogP contribution in [0.1, 0.15) is 0 Å². The molecule has 0 aliphatic rings. The van der Waals surface area contributed by atoms with Gasteiger partial charge in [0.15, 0.2) is 12.3 Å². The van der Waals surface area contributed by atoms with E-state index in [1.807, 2.05) is 0 Å². The first-order valence-electron chi connectivity index (χ1n) is 8.30. The van der Waals surface area contributed by atoms with E-state index in [1.54, 1.807) is 42.5 Å². The molecule has 3 rings (SSSR count). The van der Waals surface area contributed by atoms with Crippen LogP contribution >= 0.6 is 31.9 Å². The van der Waals surface area contributed by atoms with Crippen LogP contribution < -0.4 is 4.74 Å². The van der Waals surface area contributed by atoms with E-state index in [1.165, 1.54) is 11.7 Å². The number of azo groups is 1. The smallest absolute Gasteiger partial charge is 0.325 e. The molecule has 29 heavy (non-hydrogen) atoms. The topological polar surface area (TPSA) is 102 Å². The second-order valence-electron chi connectivity index (χ2n) is 5.81. The molecule has 0 unspecified atom stereocenters. The van der Waals surface area contributed by atoms with Crippen molar-refractivity contribution >= 4 is 60.3 Å². The maximum atomic E-state index is 12.1. The molecule has 0 atom stereocenters. The molecule has 150 valence electrons. The first-order chi connectivity index (χ1) is 13.9. The van der Waals surface area contributed by atoms with Crippen LogP contribution in [0.15, 0.2) is 61.6 Å². The lowest BCUT2D eigenvalue weighted by Crippen LogP contribution is -2.10. The van der Waals surface area contributed by atoms with Gasteiger partial charge in [-0.3, -0.25) is 14.2 Å². The van der Waals surface area contributed by atoms with E-state index in [0.717, 1.165) is 4.47 Å². The Labute approximate surface area is 182 Å². The summed E-state index contributed by atoms with van der Waals surface area (Å²) in [5.41, 5.74) is 0.648. The SMILES string of the molecule is COC(=O)Cn1c(O)c(N=NC(=O)COc2ccc(Br)cc2Br)c2ccccc21. The minimum absolute atomic E-state index is 0.0858. The van der Waals surface area contributed by atoms with Gasteiger partial charge in [-0.25, -0.2) is 0 Å². The predicted octanol–water partition coefficient (Wildman–Crippen LogP) is 4.73. The monoisotopic (exact) mass is 523 g/mol. The number of benzene rings is 2. The van der Waals surface area contributed by atoms with Crippen LogP contribution in [0.25, 0.3) is 10.9 Å². The van der Waals surface area contributed by atoms with Crippen molar-refractivity contribution in [3.05, 3.63) is 51.4 Å². The Kier molecular flexibility index (Phi) is 6.65. The molecule has 1 N–H and O–H groups in total. The summed E-state index contributed by atoms with van der Waals surface area (Å²) in [7, 11) is 1.26. The van der Waals surface area contributed by atoms with Crippen molar-refractivity contribution in [2.24, 2.45) is 10.2 Å². The summed E-state index contributed by atoms with van der Waals surface area (Å²) in [6, 6.07) is 12.2. The van der Waals surface area contributed by atoms with Gasteiger partial charge in [0.1, 0.15) is 12.3 Å². The van der Waals surface area contributed by atoms with Crippen LogP contribution in [0.2, 0.25) is 0 Å². The number of hydrogen-bond donors (Lipinski definition) is 1. The van der Waals surface area contributed by atoms with Crippen LogP contribution in [0, 0.1) is 0 Å². The minimum Gasteiger partial charge on any atom is -0.493 e. The van der Waals surface area contributed by atoms with Gasteiger partial charge in [-0.2, -0.15) is 0 Å². The summed E-state index contributed by atoms with van der Waals surface area (Å²) in [6.07, 6.45) is 0. The lowest BCUT2D eigenvalue weighted by Gasteiger charge is -2.05. The van der Waals surface area contributed by atoms with Gasteiger partial charge in [-0.15, -0.1) is 10.2 Å². The molecule has 2 aromatic carbocycles. The van der Waals surface area contributed by atoms with Gasteiger partial charge >= 0.3 is 11.9 Å². The summed E-state index contributed by atoms with van der Waals surface area (Å²) in [6.45, 7) is -0.529. The Morgan fingerprint density at radius 1 is 1.17 bits per heavy atom. The summed E-state index contributed by atoms with van der Waals surface area (Å²) < 4.78 is 13.0. The molecule has 0 saturated heterocycles.